The largest absolute Gasteiger partial charge is 0.458 e. The minimum absolute atomic E-state index is 0.00342. The second kappa shape index (κ2) is 38.4. The number of esters is 1. The Bertz CT molecular complexity index is 3140. The van der Waals surface area contributed by atoms with Crippen LogP contribution in [-0.2, 0) is 106 Å². The van der Waals surface area contributed by atoms with Crippen LogP contribution in [0.4, 0.5) is 4.79 Å². The smallest absolute Gasteiger partial charge is 0.412 e. The van der Waals surface area contributed by atoms with E-state index in [1.165, 1.54) is 18.4 Å². The van der Waals surface area contributed by atoms with Crippen molar-refractivity contribution in [1.82, 2.24) is 51.3 Å². The maximum Gasteiger partial charge on any atom is 0.412 e. The van der Waals surface area contributed by atoms with Crippen LogP contribution in [0.15, 0.2) is 41.2 Å². The Hall–Kier alpha value is -7.85. The molecular formula is C62H88N10O21. The van der Waals surface area contributed by atoms with Crippen molar-refractivity contribution in [2.75, 3.05) is 146 Å². The van der Waals surface area contributed by atoms with Crippen LogP contribution in [0.3, 0.4) is 0 Å². The van der Waals surface area contributed by atoms with Gasteiger partial charge in [0.1, 0.15) is 30.5 Å². The summed E-state index contributed by atoms with van der Waals surface area (Å²) in [6.45, 7) is 10.6. The van der Waals surface area contributed by atoms with Gasteiger partial charge in [-0.05, 0) is 71.5 Å². The van der Waals surface area contributed by atoms with Crippen LogP contribution in [0.2, 0.25) is 0 Å². The lowest BCUT2D eigenvalue weighted by Gasteiger charge is -2.31. The van der Waals surface area contributed by atoms with Crippen LogP contribution in [0.5, 0.6) is 5.75 Å². The highest BCUT2D eigenvalue weighted by molar-refractivity contribution is 6.12. The first-order valence-corrected chi connectivity index (χ1v) is 31.0. The summed E-state index contributed by atoms with van der Waals surface area (Å²) < 4.78 is 55.6. The number of fused-ring (bicyclic) bond motifs is 5. The van der Waals surface area contributed by atoms with Crippen molar-refractivity contribution >= 4 is 64.3 Å². The molecule has 2 aromatic heterocycles. The zero-order valence-corrected chi connectivity index (χ0v) is 53.7. The zero-order chi connectivity index (χ0) is 67.3. The fourth-order valence-electron chi connectivity index (χ4n) is 9.86. The third-order valence-electron chi connectivity index (χ3n) is 14.9. The summed E-state index contributed by atoms with van der Waals surface area (Å²) in [5.41, 5.74) is 0.846. The lowest BCUT2D eigenvalue weighted by molar-refractivity contribution is -0.172. The lowest BCUT2D eigenvalue weighted by atomic mass is 9.86. The molecule has 512 valence electrons. The van der Waals surface area contributed by atoms with Gasteiger partial charge < -0.3 is 93.8 Å². The van der Waals surface area contributed by atoms with Crippen LogP contribution < -0.4 is 42.2 Å². The number of methoxy groups -OCH3 is 1. The molecule has 8 amide bonds. The molecule has 4 atom stereocenters. The predicted molar refractivity (Wildman–Crippen MR) is 331 cm³/mol. The Labute approximate surface area is 538 Å². The molecule has 0 bridgehead atoms. The average molecular weight is 1310 g/mol. The standard InChI is InChI=1S/C62H88N10O21/c1-7-62(83)46-36-49-55-42(37-72(49)59(80)45(46)39-92-60(62)81)35-43-44(38-70(4)5)50(12-10-47(43)69-55)93-61(82)65-17-16-64-56(77)40(2)66-57(78)41(3)67-58(79)48(68-52(74)9-8-19-71-53(75)14-15-54(71)76)11-13-51(73)63-18-20-85-23-24-87-27-28-89-31-32-91-34-33-90-30-29-88-26-25-86-22-21-84-6/h10,12,14-15,35-36,40-41,48,83H,7-9,11,13,16-34,37-39H2,1-6H3,(H,63,73)(H,64,77)(H,65,82)(H,66,78)(H,67,79)(H,68,74)/t40-,41-,48+,62-/m0/s1. The Morgan fingerprint density at radius 1 is 0.688 bits per heavy atom. The quantitative estimate of drug-likeness (QED) is 0.0162. The van der Waals surface area contributed by atoms with Gasteiger partial charge in [0.25, 0.3) is 17.4 Å². The second-order valence-electron chi connectivity index (χ2n) is 22.1. The third kappa shape index (κ3) is 22.7. The van der Waals surface area contributed by atoms with Crippen LogP contribution >= 0.6 is 0 Å². The number of aromatic nitrogens is 2. The van der Waals surface area contributed by atoms with Gasteiger partial charge in [0.15, 0.2) is 5.60 Å². The van der Waals surface area contributed by atoms with E-state index in [2.05, 4.69) is 31.9 Å². The fraction of sp³-hybridized carbons (Fsp3) is 0.597. The van der Waals surface area contributed by atoms with E-state index in [1.807, 2.05) is 25.1 Å². The topological polar surface area (TPSA) is 380 Å². The molecule has 6 rings (SSSR count). The lowest BCUT2D eigenvalue weighted by Crippen LogP contribution is -2.55. The van der Waals surface area contributed by atoms with Crippen molar-refractivity contribution in [3.05, 3.63) is 69.0 Å². The van der Waals surface area contributed by atoms with E-state index >= 15 is 0 Å². The van der Waals surface area contributed by atoms with E-state index in [0.29, 0.717) is 119 Å². The summed E-state index contributed by atoms with van der Waals surface area (Å²) >= 11 is 0. The van der Waals surface area contributed by atoms with Gasteiger partial charge in [0, 0.05) is 86.9 Å². The van der Waals surface area contributed by atoms with Gasteiger partial charge in [-0.2, -0.15) is 0 Å². The molecule has 31 nitrogen and oxygen atoms in total. The number of hydrogen-bond donors (Lipinski definition) is 7. The number of carbonyl (C=O) groups is 9. The molecular weight excluding hydrogens is 1220 g/mol. The summed E-state index contributed by atoms with van der Waals surface area (Å²) in [5.74, 6) is -4.86. The van der Waals surface area contributed by atoms with Crippen LogP contribution in [0.1, 0.15) is 75.1 Å². The van der Waals surface area contributed by atoms with E-state index in [9.17, 15) is 53.1 Å². The molecule has 31 heteroatoms. The first-order chi connectivity index (χ1) is 44.8. The summed E-state index contributed by atoms with van der Waals surface area (Å²) in [6.07, 6.45) is 0.936. The van der Waals surface area contributed by atoms with Crippen molar-refractivity contribution in [3.63, 3.8) is 0 Å². The number of cyclic esters (lactones) is 1. The molecule has 0 radical (unpaired) electrons. The maximum absolute atomic E-state index is 13.7. The number of imide groups is 1. The highest BCUT2D eigenvalue weighted by Crippen LogP contribution is 2.40. The minimum atomic E-state index is -1.98. The second-order valence-corrected chi connectivity index (χ2v) is 22.1. The van der Waals surface area contributed by atoms with E-state index < -0.39 is 82.7 Å². The molecule has 7 N–H and O–H groups in total. The predicted octanol–water partition coefficient (Wildman–Crippen LogP) is -0.796. The number of amides is 8. The average Bonchev–Trinajstić information content (AvgIpc) is 1.65. The summed E-state index contributed by atoms with van der Waals surface area (Å²) in [7, 11) is 5.30. The van der Waals surface area contributed by atoms with Crippen LogP contribution in [0.25, 0.3) is 22.3 Å². The van der Waals surface area contributed by atoms with E-state index in [4.69, 9.17) is 52.4 Å². The number of carbonyl (C=O) groups excluding carboxylic acids is 9. The van der Waals surface area contributed by atoms with Gasteiger partial charge in [-0.25, -0.2) is 14.6 Å². The maximum atomic E-state index is 13.7. The van der Waals surface area contributed by atoms with Crippen molar-refractivity contribution in [2.45, 2.75) is 96.3 Å². The summed E-state index contributed by atoms with van der Waals surface area (Å²) in [4.78, 5) is 137. The Balaban J connectivity index is 0.879. The van der Waals surface area contributed by atoms with Crippen molar-refractivity contribution in [2.24, 2.45) is 0 Å². The number of ether oxygens (including phenoxy) is 10. The number of pyridine rings is 2. The Morgan fingerprint density at radius 2 is 1.26 bits per heavy atom. The first-order valence-electron chi connectivity index (χ1n) is 31.0. The molecule has 3 aliphatic rings. The van der Waals surface area contributed by atoms with Gasteiger partial charge in [-0.3, -0.25) is 43.3 Å². The number of aliphatic hydroxyl groups is 1. The molecule has 3 aliphatic heterocycles. The van der Waals surface area contributed by atoms with Gasteiger partial charge in [0.2, 0.25) is 29.5 Å². The van der Waals surface area contributed by atoms with E-state index in [-0.39, 0.29) is 108 Å². The molecule has 3 aromatic rings. The Morgan fingerprint density at radius 3 is 1.85 bits per heavy atom. The zero-order valence-electron chi connectivity index (χ0n) is 53.7. The summed E-state index contributed by atoms with van der Waals surface area (Å²) in [5, 5.41) is 27.5. The number of benzene rings is 1. The molecule has 5 heterocycles. The minimum Gasteiger partial charge on any atom is -0.458 e. The number of nitrogens with zero attached hydrogens (tertiary/aromatic N) is 4. The van der Waals surface area contributed by atoms with E-state index in [0.717, 1.165) is 17.1 Å². The molecule has 0 spiro atoms. The van der Waals surface area contributed by atoms with Crippen molar-refractivity contribution in [1.29, 1.82) is 0 Å². The van der Waals surface area contributed by atoms with Crippen LogP contribution in [-0.4, -0.2) is 242 Å². The fourth-order valence-corrected chi connectivity index (χ4v) is 9.86. The van der Waals surface area contributed by atoms with E-state index in [1.54, 1.807) is 32.2 Å². The molecule has 0 saturated carbocycles. The monoisotopic (exact) mass is 1310 g/mol. The summed E-state index contributed by atoms with van der Waals surface area (Å²) in [6, 6.07) is 3.13. The molecule has 0 saturated heterocycles. The molecule has 1 aromatic carbocycles. The van der Waals surface area contributed by atoms with Crippen LogP contribution in [0, 0.1) is 0 Å². The number of rotatable bonds is 44. The number of nitrogens with one attached hydrogen (secondary N) is 6. The Kier molecular flexibility index (Phi) is 30.6. The van der Waals surface area contributed by atoms with Gasteiger partial charge in [-0.1, -0.05) is 6.92 Å². The highest BCUT2D eigenvalue weighted by atomic mass is 16.6. The van der Waals surface area contributed by atoms with Crippen molar-refractivity contribution < 1.29 is 95.6 Å². The number of hydrogen-bond acceptors (Lipinski definition) is 23. The van der Waals surface area contributed by atoms with Crippen molar-refractivity contribution in [3.8, 4) is 17.1 Å². The first kappa shape index (κ1) is 74.2. The van der Waals surface area contributed by atoms with Gasteiger partial charge in [0.05, 0.1) is 128 Å². The molecule has 93 heavy (non-hydrogen) atoms. The molecule has 0 aliphatic carbocycles. The van der Waals surface area contributed by atoms with Gasteiger partial charge in [-0.15, -0.1) is 0 Å². The third-order valence-corrected chi connectivity index (χ3v) is 14.9. The highest BCUT2D eigenvalue weighted by Gasteiger charge is 2.45. The van der Waals surface area contributed by atoms with Gasteiger partial charge >= 0.3 is 12.1 Å². The SMILES string of the molecule is CC[C@@]1(O)C(=O)OCc2c1cc1n(c2=O)Cc2cc3c(CN(C)C)c(OC(=O)NCCNC(=O)[C@H](C)NC(=O)[C@H](C)NC(=O)[C@@H](CCC(=O)NCCOCCOCCOCCOCCOCCOCCOCCOC)NC(=O)CCCN4C(=O)C=CC4=O)ccc3nc2-1. The molecule has 0 fully saturated rings. The normalized spacial score (nSPS) is 15.7. The molecule has 0 unspecified atom stereocenters.